The molecular weight excluding hydrogens is 430 g/mol. The summed E-state index contributed by atoms with van der Waals surface area (Å²) in [4.78, 5) is 22.7. The predicted octanol–water partition coefficient (Wildman–Crippen LogP) is -0.0237. The number of carboxylic acids is 1. The molecule has 0 unspecified atom stereocenters. The number of carbonyl (C=O) groups excluding carboxylic acids is 1. The van der Waals surface area contributed by atoms with Gasteiger partial charge in [0.1, 0.15) is 24.4 Å². The largest absolute Gasteiger partial charge is 0.479 e. The van der Waals surface area contributed by atoms with E-state index in [9.17, 15) is 9.59 Å². The molecule has 0 radical (unpaired) electrons. The quantitative estimate of drug-likeness (QED) is 0.568. The summed E-state index contributed by atoms with van der Waals surface area (Å²) in [6.07, 6.45) is -4.81. The van der Waals surface area contributed by atoms with E-state index in [-0.39, 0.29) is 12.0 Å². The van der Waals surface area contributed by atoms with Gasteiger partial charge in [-0.3, -0.25) is 4.79 Å². The summed E-state index contributed by atoms with van der Waals surface area (Å²) >= 11 is 0. The topological polar surface area (TPSA) is 140 Å². The van der Waals surface area contributed by atoms with Crippen molar-refractivity contribution in [2.24, 2.45) is 0 Å². The number of nitrogens with one attached hydrogen (secondary N) is 1. The zero-order valence-corrected chi connectivity index (χ0v) is 19.4. The van der Waals surface area contributed by atoms with Crippen molar-refractivity contribution in [1.29, 1.82) is 0 Å². The van der Waals surface area contributed by atoms with Crippen molar-refractivity contribution >= 4 is 11.9 Å². The molecule has 8 atom stereocenters. The van der Waals surface area contributed by atoms with Crippen LogP contribution in [0.5, 0.6) is 0 Å². The highest BCUT2D eigenvalue weighted by molar-refractivity contribution is 5.82. The highest BCUT2D eigenvalue weighted by atomic mass is 16.8. The number of hydrogen-bond donors (Lipinski definition) is 2. The van der Waals surface area contributed by atoms with Crippen molar-refractivity contribution in [3.63, 3.8) is 0 Å². The van der Waals surface area contributed by atoms with Crippen molar-refractivity contribution in [3.8, 4) is 0 Å². The zero-order chi connectivity index (χ0) is 23.8. The van der Waals surface area contributed by atoms with Crippen LogP contribution in [0.1, 0.15) is 34.6 Å². The number of carbonyl (C=O) groups is 2. The van der Waals surface area contributed by atoms with Crippen molar-refractivity contribution in [3.05, 3.63) is 0 Å². The highest BCUT2D eigenvalue weighted by Gasteiger charge is 2.59. The number of methoxy groups -OCH3 is 2. The van der Waals surface area contributed by atoms with Crippen molar-refractivity contribution in [1.82, 2.24) is 5.32 Å². The fraction of sp³-hybridized carbons (Fsp3) is 0.900. The Morgan fingerprint density at radius 2 is 1.22 bits per heavy atom. The third kappa shape index (κ3) is 5.07. The molecule has 2 N–H and O–H groups in total. The Kier molecular flexibility index (Phi) is 7.47. The summed E-state index contributed by atoms with van der Waals surface area (Å²) in [5.41, 5.74) is 0. The number of hydrogen-bond acceptors (Lipinski definition) is 10. The first-order chi connectivity index (χ1) is 14.9. The number of likely N-dealkylation sites (N-methyl/N-ethyl adjacent to an activating group) is 1. The van der Waals surface area contributed by atoms with E-state index in [2.05, 4.69) is 5.32 Å². The molecule has 184 valence electrons. The van der Waals surface area contributed by atoms with E-state index in [4.69, 9.17) is 43.0 Å². The Bertz CT molecular complexity index is 699. The molecule has 12 nitrogen and oxygen atoms in total. The molecule has 4 aliphatic rings. The van der Waals surface area contributed by atoms with Gasteiger partial charge in [0, 0.05) is 20.8 Å². The van der Waals surface area contributed by atoms with E-state index in [0.717, 1.165) is 0 Å². The van der Waals surface area contributed by atoms with Crippen LogP contribution in [0.4, 0.5) is 0 Å². The monoisotopic (exact) mass is 463 g/mol. The minimum atomic E-state index is -1.06. The minimum Gasteiger partial charge on any atom is -0.479 e. The van der Waals surface area contributed by atoms with Crippen LogP contribution in [0.3, 0.4) is 0 Å². The van der Waals surface area contributed by atoms with Crippen LogP contribution in [-0.4, -0.2) is 98.5 Å². The molecular formula is C20H33NO11. The first-order valence-electron chi connectivity index (χ1n) is 10.5. The number of amides is 1. The first-order valence-corrected chi connectivity index (χ1v) is 10.5. The molecule has 4 aliphatic heterocycles. The normalized spacial score (nSPS) is 40.8. The lowest BCUT2D eigenvalue weighted by Crippen LogP contribution is -2.42. The molecule has 0 aromatic carbocycles. The SMILES string of the molecule is CCNC(=O)[C@H]1O[C@@H](OC)[C@@H]2OC(C)(C)O[C@@H]21.CO[C@@H]1O[C@H](C(=O)O)[C@H]2OC(C)(C)O[C@@H]12. The molecule has 12 heteroatoms. The number of aliphatic carboxylic acids is 1. The van der Waals surface area contributed by atoms with Crippen LogP contribution >= 0.6 is 0 Å². The number of ether oxygens (including phenoxy) is 8. The molecule has 32 heavy (non-hydrogen) atoms. The maximum absolute atomic E-state index is 11.8. The van der Waals surface area contributed by atoms with Gasteiger partial charge in [0.15, 0.2) is 36.4 Å². The molecule has 1 amide bonds. The maximum Gasteiger partial charge on any atom is 0.335 e. The number of fused-ring (bicyclic) bond motifs is 2. The van der Waals surface area contributed by atoms with Crippen LogP contribution in [0.25, 0.3) is 0 Å². The number of carboxylic acid groups (broad SMARTS) is 1. The summed E-state index contributed by atoms with van der Waals surface area (Å²) in [7, 11) is 2.97. The van der Waals surface area contributed by atoms with E-state index >= 15 is 0 Å². The van der Waals surface area contributed by atoms with Crippen LogP contribution in [0, 0.1) is 0 Å². The molecule has 4 rings (SSSR count). The van der Waals surface area contributed by atoms with Gasteiger partial charge in [0.2, 0.25) is 0 Å². The maximum atomic E-state index is 11.8. The summed E-state index contributed by atoms with van der Waals surface area (Å²) in [5.74, 6) is -2.75. The van der Waals surface area contributed by atoms with Gasteiger partial charge in [-0.2, -0.15) is 0 Å². The third-order valence-electron chi connectivity index (χ3n) is 5.34. The fourth-order valence-corrected chi connectivity index (χ4v) is 4.19. The summed E-state index contributed by atoms with van der Waals surface area (Å²) < 4.78 is 43.2. The van der Waals surface area contributed by atoms with Gasteiger partial charge in [-0.1, -0.05) is 0 Å². The Morgan fingerprint density at radius 1 is 0.812 bits per heavy atom. The Labute approximate surface area is 186 Å². The smallest absolute Gasteiger partial charge is 0.335 e. The lowest BCUT2D eigenvalue weighted by Gasteiger charge is -2.23. The Morgan fingerprint density at radius 3 is 1.62 bits per heavy atom. The van der Waals surface area contributed by atoms with Gasteiger partial charge >= 0.3 is 5.97 Å². The Balaban J connectivity index is 0.000000182. The molecule has 0 saturated carbocycles. The van der Waals surface area contributed by atoms with E-state index in [1.165, 1.54) is 14.2 Å². The second-order valence-corrected chi connectivity index (χ2v) is 8.68. The summed E-state index contributed by atoms with van der Waals surface area (Å²) in [5, 5.41) is 11.6. The van der Waals surface area contributed by atoms with Crippen molar-refractivity contribution in [2.75, 3.05) is 20.8 Å². The molecule has 4 saturated heterocycles. The summed E-state index contributed by atoms with van der Waals surface area (Å²) in [6.45, 7) is 9.50. The second kappa shape index (κ2) is 9.47. The molecule has 0 aromatic rings. The minimum absolute atomic E-state index is 0.191. The van der Waals surface area contributed by atoms with E-state index < -0.39 is 60.6 Å². The molecule has 4 fully saturated rings. The second-order valence-electron chi connectivity index (χ2n) is 8.68. The lowest BCUT2D eigenvalue weighted by molar-refractivity contribution is -0.229. The fourth-order valence-electron chi connectivity index (χ4n) is 4.19. The van der Waals surface area contributed by atoms with Crippen LogP contribution < -0.4 is 5.32 Å². The average Bonchev–Trinajstić information content (AvgIpc) is 3.37. The van der Waals surface area contributed by atoms with E-state index in [1.54, 1.807) is 13.8 Å². The van der Waals surface area contributed by atoms with Gasteiger partial charge in [0.25, 0.3) is 5.91 Å². The molecule has 0 aromatic heterocycles. The first kappa shape index (κ1) is 25.2. The van der Waals surface area contributed by atoms with Gasteiger partial charge in [-0.25, -0.2) is 4.79 Å². The third-order valence-corrected chi connectivity index (χ3v) is 5.34. The molecule has 4 heterocycles. The van der Waals surface area contributed by atoms with Crippen LogP contribution in [0.2, 0.25) is 0 Å². The van der Waals surface area contributed by atoms with Gasteiger partial charge < -0.3 is 48.3 Å². The highest BCUT2D eigenvalue weighted by Crippen LogP contribution is 2.40. The van der Waals surface area contributed by atoms with E-state index in [0.29, 0.717) is 6.54 Å². The molecule has 0 spiro atoms. The molecule has 0 bridgehead atoms. The van der Waals surface area contributed by atoms with E-state index in [1.807, 2.05) is 20.8 Å². The number of rotatable bonds is 5. The van der Waals surface area contributed by atoms with Crippen LogP contribution in [0.15, 0.2) is 0 Å². The van der Waals surface area contributed by atoms with Crippen molar-refractivity contribution < 1.29 is 52.6 Å². The predicted molar refractivity (Wildman–Crippen MR) is 105 cm³/mol. The molecule has 0 aliphatic carbocycles. The Hall–Kier alpha value is -1.38. The van der Waals surface area contributed by atoms with Crippen molar-refractivity contribution in [2.45, 2.75) is 95.4 Å². The average molecular weight is 463 g/mol. The zero-order valence-electron chi connectivity index (χ0n) is 19.4. The lowest BCUT2D eigenvalue weighted by atomic mass is 10.1. The standard InChI is InChI=1S/C11H19NO5.C9H14O6/c1-5-12-9(13)7-6-8(10(14-4)15-7)17-11(2,3)16-6;1-9(2)14-4-5(7(10)11)13-8(12-3)6(4)15-9/h6-8,10H,5H2,1-4H3,(H,12,13);4-6,8H,1-3H3,(H,10,11)/t6-,7+,8-,10-;4-,5+,6-,8-/m11/s1. The summed E-state index contributed by atoms with van der Waals surface area (Å²) in [6, 6.07) is 0. The van der Waals surface area contributed by atoms with Gasteiger partial charge in [-0.15, -0.1) is 0 Å². The van der Waals surface area contributed by atoms with Crippen LogP contribution in [-0.2, 0) is 47.5 Å². The van der Waals surface area contributed by atoms with Gasteiger partial charge in [0.05, 0.1) is 0 Å². The van der Waals surface area contributed by atoms with Gasteiger partial charge in [-0.05, 0) is 34.6 Å².